The van der Waals surface area contributed by atoms with Crippen LogP contribution < -0.4 is 9.47 Å². The Bertz CT molecular complexity index is 1200. The van der Waals surface area contributed by atoms with E-state index in [-0.39, 0.29) is 11.3 Å². The van der Waals surface area contributed by atoms with Crippen LogP contribution in [0.1, 0.15) is 44.2 Å². The molecule has 0 aliphatic heterocycles. The van der Waals surface area contributed by atoms with Crippen LogP contribution in [0.15, 0.2) is 30.3 Å². The van der Waals surface area contributed by atoms with Gasteiger partial charge in [0.15, 0.2) is 0 Å². The second-order valence-electron chi connectivity index (χ2n) is 8.42. The van der Waals surface area contributed by atoms with Crippen molar-refractivity contribution in [2.75, 3.05) is 28.3 Å². The van der Waals surface area contributed by atoms with Crippen molar-refractivity contribution in [3.05, 3.63) is 61.9 Å². The summed E-state index contributed by atoms with van der Waals surface area (Å²) in [7, 11) is 6.83. The molecule has 2 aromatic carbocycles. The van der Waals surface area contributed by atoms with Crippen LogP contribution in [0, 0.1) is 13.8 Å². The van der Waals surface area contributed by atoms with Crippen molar-refractivity contribution >= 4 is 28.8 Å². The Balaban J connectivity index is 1.81. The van der Waals surface area contributed by atoms with Crippen LogP contribution in [-0.4, -0.2) is 44.1 Å². The quantitative estimate of drug-likeness (QED) is 0.451. The topological polar surface area (TPSA) is 51.7 Å². The van der Waals surface area contributed by atoms with Crippen molar-refractivity contribution in [3.63, 3.8) is 0 Å². The number of rotatable bonds is 6. The first-order chi connectivity index (χ1) is 15.2. The minimum atomic E-state index is -0.240. The molecule has 1 heterocycles. The highest BCUT2D eigenvalue weighted by molar-refractivity contribution is 7.12. The summed E-state index contributed by atoms with van der Waals surface area (Å²) >= 11 is 8.28. The lowest BCUT2D eigenvalue weighted by molar-refractivity contribution is 0.0827. The number of nitrogens with zero attached hydrogens (tertiary/aromatic N) is 2. The number of halogens is 1. The number of aromatic nitrogens is 1. The second-order valence-corrected chi connectivity index (χ2v) is 10.0. The monoisotopic (exact) mass is 470 g/mol. The Morgan fingerprint density at radius 2 is 1.78 bits per heavy atom. The molecule has 0 unspecified atom stereocenters. The molecular weight excluding hydrogens is 444 g/mol. The zero-order valence-electron chi connectivity index (χ0n) is 19.2. The van der Waals surface area contributed by atoms with Crippen molar-refractivity contribution in [1.82, 2.24) is 9.88 Å². The molecule has 7 heteroatoms. The predicted molar refractivity (Wildman–Crippen MR) is 130 cm³/mol. The lowest BCUT2D eigenvalue weighted by Crippen LogP contribution is -2.22. The van der Waals surface area contributed by atoms with Gasteiger partial charge in [0.05, 0.1) is 30.4 Å². The summed E-state index contributed by atoms with van der Waals surface area (Å²) in [6, 6.07) is 9.55. The number of carbonyl (C=O) groups excluding carboxylic acids is 1. The number of benzene rings is 2. The van der Waals surface area contributed by atoms with Gasteiger partial charge in [-0.15, -0.1) is 11.3 Å². The predicted octanol–water partition coefficient (Wildman–Crippen LogP) is 5.88. The average Bonchev–Trinajstić information content (AvgIpc) is 3.50. The first-order valence-corrected chi connectivity index (χ1v) is 11.6. The van der Waals surface area contributed by atoms with Gasteiger partial charge in [-0.1, -0.05) is 11.6 Å². The van der Waals surface area contributed by atoms with Crippen molar-refractivity contribution in [2.24, 2.45) is 0 Å². The van der Waals surface area contributed by atoms with Crippen LogP contribution in [0.25, 0.3) is 11.3 Å². The van der Waals surface area contributed by atoms with Gasteiger partial charge in [-0.25, -0.2) is 4.98 Å². The molecule has 32 heavy (non-hydrogen) atoms. The number of hydrogen-bond acceptors (Lipinski definition) is 5. The van der Waals surface area contributed by atoms with Crippen LogP contribution in [0.3, 0.4) is 0 Å². The molecule has 1 fully saturated rings. The molecule has 0 radical (unpaired) electrons. The largest absolute Gasteiger partial charge is 0.496 e. The molecule has 0 spiro atoms. The van der Waals surface area contributed by atoms with Gasteiger partial charge in [0.2, 0.25) is 0 Å². The highest BCUT2D eigenvalue weighted by Gasteiger charge is 2.50. The molecule has 0 atom stereocenters. The van der Waals surface area contributed by atoms with E-state index in [0.717, 1.165) is 56.6 Å². The third kappa shape index (κ3) is 3.76. The normalized spacial score (nSPS) is 14.2. The number of ether oxygens (including phenoxy) is 2. The van der Waals surface area contributed by atoms with Crippen LogP contribution in [-0.2, 0) is 5.41 Å². The third-order valence-corrected chi connectivity index (χ3v) is 7.55. The second kappa shape index (κ2) is 8.41. The van der Waals surface area contributed by atoms with Crippen LogP contribution >= 0.6 is 22.9 Å². The van der Waals surface area contributed by atoms with Gasteiger partial charge >= 0.3 is 0 Å². The van der Waals surface area contributed by atoms with Crippen LogP contribution in [0.5, 0.6) is 11.5 Å². The van der Waals surface area contributed by atoms with E-state index in [1.54, 1.807) is 44.6 Å². The minimum absolute atomic E-state index is 0.0267. The Labute approximate surface area is 198 Å². The number of hydrogen-bond donors (Lipinski definition) is 0. The molecule has 4 rings (SSSR count). The molecule has 0 saturated heterocycles. The maximum Gasteiger partial charge on any atom is 0.253 e. The first kappa shape index (κ1) is 22.6. The molecule has 168 valence electrons. The maximum atomic E-state index is 12.6. The molecule has 1 saturated carbocycles. The molecule has 0 N–H and O–H groups in total. The fourth-order valence-electron chi connectivity index (χ4n) is 4.11. The van der Waals surface area contributed by atoms with Gasteiger partial charge in [-0.05, 0) is 62.6 Å². The zero-order valence-corrected chi connectivity index (χ0v) is 20.8. The fraction of sp³-hybridized carbons (Fsp3) is 0.360. The summed E-state index contributed by atoms with van der Waals surface area (Å²) in [6.07, 6.45) is 1.93. The number of methoxy groups -OCH3 is 2. The average molecular weight is 471 g/mol. The lowest BCUT2D eigenvalue weighted by atomic mass is 9.93. The molecule has 5 nitrogen and oxygen atoms in total. The molecule has 0 bridgehead atoms. The maximum absolute atomic E-state index is 12.6. The highest BCUT2D eigenvalue weighted by atomic mass is 35.5. The van der Waals surface area contributed by atoms with Gasteiger partial charge < -0.3 is 14.4 Å². The van der Waals surface area contributed by atoms with Crippen molar-refractivity contribution in [1.29, 1.82) is 0 Å². The third-order valence-electron chi connectivity index (χ3n) is 6.06. The minimum Gasteiger partial charge on any atom is -0.496 e. The number of aryl methyl sites for hydroxylation is 2. The number of amides is 1. The SMILES string of the molecule is COc1cc(Cl)c(-c2nc(C3(c4cc(C(=O)N(C)C)ccc4OC)CC3)sc2C)cc1C. The van der Waals surface area contributed by atoms with E-state index < -0.39 is 0 Å². The summed E-state index contributed by atoms with van der Waals surface area (Å²) in [6.45, 7) is 4.08. The van der Waals surface area contributed by atoms with E-state index in [4.69, 9.17) is 26.1 Å². The summed E-state index contributed by atoms with van der Waals surface area (Å²) in [4.78, 5) is 20.4. The highest BCUT2D eigenvalue weighted by Crippen LogP contribution is 2.58. The van der Waals surface area contributed by atoms with Gasteiger partial charge in [-0.2, -0.15) is 0 Å². The Kier molecular flexibility index (Phi) is 5.94. The van der Waals surface area contributed by atoms with Crippen molar-refractivity contribution in [2.45, 2.75) is 32.1 Å². The number of carbonyl (C=O) groups is 1. The summed E-state index contributed by atoms with van der Waals surface area (Å²) < 4.78 is 11.1. The summed E-state index contributed by atoms with van der Waals surface area (Å²) in [5.74, 6) is 1.52. The van der Waals surface area contributed by atoms with E-state index in [1.807, 2.05) is 37.3 Å². The fourth-order valence-corrected chi connectivity index (χ4v) is 5.54. The van der Waals surface area contributed by atoms with Crippen molar-refractivity contribution in [3.8, 4) is 22.8 Å². The van der Waals surface area contributed by atoms with E-state index in [9.17, 15) is 4.79 Å². The van der Waals surface area contributed by atoms with Gasteiger partial charge in [-0.3, -0.25) is 4.79 Å². The molecular formula is C25H27ClN2O3S. The molecule has 1 aliphatic rings. The van der Waals surface area contributed by atoms with Crippen LogP contribution in [0.2, 0.25) is 5.02 Å². The molecule has 1 aliphatic carbocycles. The van der Waals surface area contributed by atoms with Crippen LogP contribution in [0.4, 0.5) is 0 Å². The molecule has 1 aromatic heterocycles. The molecule has 1 amide bonds. The summed E-state index contributed by atoms with van der Waals surface area (Å²) in [5.41, 5.74) is 4.24. The van der Waals surface area contributed by atoms with E-state index in [1.165, 1.54) is 0 Å². The summed E-state index contributed by atoms with van der Waals surface area (Å²) in [5, 5.41) is 1.65. The standard InChI is InChI=1S/C25H27ClN2O3S/c1-14-11-17(19(26)13-21(14)31-6)22-15(2)32-24(27-22)25(9-10-25)18-12-16(23(29)28(3)4)7-8-20(18)30-5/h7-8,11-13H,9-10H2,1-6H3. The zero-order chi connectivity index (χ0) is 23.2. The van der Waals surface area contributed by atoms with Crippen molar-refractivity contribution < 1.29 is 14.3 Å². The Hall–Kier alpha value is -2.57. The van der Waals surface area contributed by atoms with Gasteiger partial charge in [0, 0.05) is 35.7 Å². The van der Waals surface area contributed by atoms with E-state index in [0.29, 0.717) is 10.6 Å². The van der Waals surface area contributed by atoms with E-state index in [2.05, 4.69) is 6.92 Å². The van der Waals surface area contributed by atoms with Gasteiger partial charge in [0.1, 0.15) is 16.5 Å². The number of thiazole rings is 1. The van der Waals surface area contributed by atoms with E-state index >= 15 is 0 Å². The Morgan fingerprint density at radius 3 is 2.38 bits per heavy atom. The van der Waals surface area contributed by atoms with Gasteiger partial charge in [0.25, 0.3) is 5.91 Å². The molecule has 3 aromatic rings. The first-order valence-electron chi connectivity index (χ1n) is 10.4. The Morgan fingerprint density at radius 1 is 1.09 bits per heavy atom. The smallest absolute Gasteiger partial charge is 0.253 e. The lowest BCUT2D eigenvalue weighted by Gasteiger charge is -2.19.